The van der Waals surface area contributed by atoms with Crippen LogP contribution in [0.5, 0.6) is 0 Å². The maximum Gasteiger partial charge on any atom is 0.141 e. The van der Waals surface area contributed by atoms with Gasteiger partial charge in [-0.05, 0) is 22.6 Å². The van der Waals surface area contributed by atoms with E-state index in [0.717, 1.165) is 3.57 Å². The van der Waals surface area contributed by atoms with Crippen molar-refractivity contribution in [2.75, 3.05) is 0 Å². The predicted octanol–water partition coefficient (Wildman–Crippen LogP) is 2.74. The Kier molecular flexibility index (Phi) is 1.44. The van der Waals surface area contributed by atoms with E-state index in [1.807, 2.05) is 0 Å². The van der Waals surface area contributed by atoms with Crippen LogP contribution in [0.3, 0.4) is 0 Å². The fraction of sp³-hybridized carbons (Fsp3) is 0.625. The summed E-state index contributed by atoms with van der Waals surface area (Å²) < 4.78 is 16.0. The van der Waals surface area contributed by atoms with Gasteiger partial charge in [-0.1, -0.05) is 11.6 Å². The van der Waals surface area contributed by atoms with Crippen molar-refractivity contribution in [2.45, 2.75) is 30.5 Å². The number of nitrogens with zero attached hydrogens (tertiary/aromatic N) is 2. The number of hydrogen-bond donors (Lipinski definition) is 0. The number of aromatic nitrogens is 2. The third kappa shape index (κ3) is 0.909. The molecular formula is C8H7ClFIN2. The maximum atomic E-state index is 13.3. The molecule has 1 heterocycles. The molecule has 2 nitrogen and oxygen atoms in total. The van der Waals surface area contributed by atoms with Crippen LogP contribution >= 0.6 is 34.2 Å². The zero-order valence-corrected chi connectivity index (χ0v) is 9.64. The van der Waals surface area contributed by atoms with E-state index in [-0.39, 0.29) is 5.54 Å². The highest BCUT2D eigenvalue weighted by Crippen LogP contribution is 2.67. The average molecular weight is 313 g/mol. The number of halogens is 3. The lowest BCUT2D eigenvalue weighted by Gasteiger charge is -2.65. The molecular weight excluding hydrogens is 305 g/mol. The minimum atomic E-state index is -0.888. The van der Waals surface area contributed by atoms with Gasteiger partial charge in [-0.25, -0.2) is 9.07 Å². The number of hydrogen-bond acceptors (Lipinski definition) is 1. The van der Waals surface area contributed by atoms with Crippen LogP contribution in [0.15, 0.2) is 6.20 Å². The van der Waals surface area contributed by atoms with Crippen molar-refractivity contribution in [1.82, 2.24) is 9.78 Å². The summed E-state index contributed by atoms with van der Waals surface area (Å²) in [5.41, 5.74) is -0.962. The molecule has 3 aliphatic carbocycles. The third-order valence-corrected chi connectivity index (χ3v) is 4.53. The first-order valence-electron chi connectivity index (χ1n) is 4.13. The van der Waals surface area contributed by atoms with Crippen LogP contribution in [0.2, 0.25) is 5.15 Å². The lowest BCUT2D eigenvalue weighted by atomic mass is 9.47. The molecule has 0 atom stereocenters. The molecule has 0 aliphatic heterocycles. The first-order chi connectivity index (χ1) is 6.05. The van der Waals surface area contributed by atoms with E-state index in [0.29, 0.717) is 24.4 Å². The van der Waals surface area contributed by atoms with Gasteiger partial charge >= 0.3 is 0 Å². The van der Waals surface area contributed by atoms with Crippen molar-refractivity contribution < 1.29 is 4.39 Å². The van der Waals surface area contributed by atoms with E-state index in [1.165, 1.54) is 0 Å². The Hall–Kier alpha value is 0.160. The standard InChI is InChI=1S/C8H7ClFIN2/c9-6-5(11)1-12-13(6)8-2-7(10,3-8)4-8/h1H,2-4H2. The highest BCUT2D eigenvalue weighted by atomic mass is 127. The number of rotatable bonds is 1. The van der Waals surface area contributed by atoms with Crippen LogP contribution in [0, 0.1) is 3.57 Å². The summed E-state index contributed by atoms with van der Waals surface area (Å²) in [7, 11) is 0. The fourth-order valence-electron chi connectivity index (χ4n) is 2.48. The molecule has 5 heteroatoms. The maximum absolute atomic E-state index is 13.3. The van der Waals surface area contributed by atoms with Gasteiger partial charge in [-0.2, -0.15) is 5.10 Å². The Balaban J connectivity index is 1.99. The van der Waals surface area contributed by atoms with Crippen molar-refractivity contribution >= 4 is 34.2 Å². The van der Waals surface area contributed by atoms with Crippen molar-refractivity contribution in [3.63, 3.8) is 0 Å². The molecule has 1 aromatic rings. The van der Waals surface area contributed by atoms with E-state index >= 15 is 0 Å². The van der Waals surface area contributed by atoms with Crippen molar-refractivity contribution in [1.29, 1.82) is 0 Å². The molecule has 0 N–H and O–H groups in total. The zero-order valence-electron chi connectivity index (χ0n) is 6.73. The van der Waals surface area contributed by atoms with Gasteiger partial charge in [0.25, 0.3) is 0 Å². The Morgan fingerprint density at radius 3 is 2.54 bits per heavy atom. The van der Waals surface area contributed by atoms with Gasteiger partial charge < -0.3 is 0 Å². The van der Waals surface area contributed by atoms with Gasteiger partial charge in [-0.15, -0.1) is 0 Å². The van der Waals surface area contributed by atoms with Gasteiger partial charge in [0.15, 0.2) is 0 Å². The second-order valence-corrected chi connectivity index (χ2v) is 5.62. The van der Waals surface area contributed by atoms with Crippen molar-refractivity contribution in [3.8, 4) is 0 Å². The van der Waals surface area contributed by atoms with E-state index in [1.54, 1.807) is 10.9 Å². The normalized spacial score (nSPS) is 41.2. The van der Waals surface area contributed by atoms with Crippen molar-refractivity contribution in [2.24, 2.45) is 0 Å². The van der Waals surface area contributed by atoms with Gasteiger partial charge in [0.2, 0.25) is 0 Å². The van der Waals surface area contributed by atoms with E-state index in [9.17, 15) is 4.39 Å². The predicted molar refractivity (Wildman–Crippen MR) is 55.6 cm³/mol. The molecule has 0 amide bonds. The Bertz CT molecular complexity index is 370. The van der Waals surface area contributed by atoms with E-state index in [4.69, 9.17) is 11.6 Å². The second kappa shape index (κ2) is 2.21. The Labute approximate surface area is 93.6 Å². The average Bonchev–Trinajstić information content (AvgIpc) is 2.26. The monoisotopic (exact) mass is 312 g/mol. The molecule has 1 aromatic heterocycles. The van der Waals surface area contributed by atoms with Crippen LogP contribution < -0.4 is 0 Å². The minimum absolute atomic E-state index is 0.0742. The summed E-state index contributed by atoms with van der Waals surface area (Å²) in [6.07, 6.45) is 3.51. The summed E-state index contributed by atoms with van der Waals surface area (Å²) in [4.78, 5) is 0. The SMILES string of the molecule is FC12CC(n3ncc(I)c3Cl)(C1)C2. The topological polar surface area (TPSA) is 17.8 Å². The van der Waals surface area contributed by atoms with Gasteiger partial charge in [-0.3, -0.25) is 0 Å². The second-order valence-electron chi connectivity index (χ2n) is 4.10. The molecule has 13 heavy (non-hydrogen) atoms. The lowest BCUT2D eigenvalue weighted by Crippen LogP contribution is -2.70. The van der Waals surface area contributed by atoms with E-state index < -0.39 is 5.67 Å². The summed E-state index contributed by atoms with van der Waals surface area (Å²) in [6, 6.07) is 0. The molecule has 3 saturated carbocycles. The first kappa shape index (κ1) is 8.47. The summed E-state index contributed by atoms with van der Waals surface area (Å²) >= 11 is 8.18. The molecule has 70 valence electrons. The zero-order chi connectivity index (χ0) is 9.27. The fourth-order valence-corrected chi connectivity index (χ4v) is 3.11. The molecule has 0 unspecified atom stereocenters. The van der Waals surface area contributed by atoms with Gasteiger partial charge in [0, 0.05) is 19.3 Å². The number of alkyl halides is 1. The van der Waals surface area contributed by atoms with Gasteiger partial charge in [0.1, 0.15) is 10.8 Å². The van der Waals surface area contributed by atoms with Crippen LogP contribution in [0.4, 0.5) is 4.39 Å². The molecule has 2 bridgehead atoms. The molecule has 3 fully saturated rings. The molecule has 0 spiro atoms. The van der Waals surface area contributed by atoms with Gasteiger partial charge in [0.05, 0.1) is 15.3 Å². The lowest BCUT2D eigenvalue weighted by molar-refractivity contribution is -0.203. The molecule has 0 aromatic carbocycles. The van der Waals surface area contributed by atoms with Crippen LogP contribution in [0.1, 0.15) is 19.3 Å². The van der Waals surface area contributed by atoms with Crippen LogP contribution in [-0.4, -0.2) is 15.4 Å². The third-order valence-electron chi connectivity index (χ3n) is 3.06. The highest BCUT2D eigenvalue weighted by molar-refractivity contribution is 14.1. The smallest absolute Gasteiger partial charge is 0.141 e. The molecule has 4 rings (SSSR count). The first-order valence-corrected chi connectivity index (χ1v) is 5.59. The minimum Gasteiger partial charge on any atom is -0.246 e. The summed E-state index contributed by atoms with van der Waals surface area (Å²) in [5, 5.41) is 4.84. The quantitative estimate of drug-likeness (QED) is 0.729. The van der Waals surface area contributed by atoms with Crippen molar-refractivity contribution in [3.05, 3.63) is 14.9 Å². The summed E-state index contributed by atoms with van der Waals surface area (Å²) in [5.74, 6) is 0. The van der Waals surface area contributed by atoms with E-state index in [2.05, 4.69) is 27.7 Å². The van der Waals surface area contributed by atoms with Crippen LogP contribution in [-0.2, 0) is 5.54 Å². The Morgan fingerprint density at radius 2 is 2.15 bits per heavy atom. The largest absolute Gasteiger partial charge is 0.246 e. The molecule has 3 aliphatic rings. The Morgan fingerprint density at radius 1 is 1.54 bits per heavy atom. The van der Waals surface area contributed by atoms with Crippen LogP contribution in [0.25, 0.3) is 0 Å². The molecule has 0 saturated heterocycles. The highest BCUT2D eigenvalue weighted by Gasteiger charge is 2.71. The molecule has 0 radical (unpaired) electrons. The summed E-state index contributed by atoms with van der Waals surface area (Å²) in [6.45, 7) is 0.